The Morgan fingerprint density at radius 2 is 1.92 bits per heavy atom. The number of amides is 2. The number of urea groups is 1. The van der Waals surface area contributed by atoms with Crippen molar-refractivity contribution in [2.45, 2.75) is 30.9 Å². The van der Waals surface area contributed by atoms with Crippen molar-refractivity contribution in [2.24, 2.45) is 0 Å². The molecule has 1 saturated heterocycles. The smallest absolute Gasteiger partial charge is 0.315 e. The van der Waals surface area contributed by atoms with Crippen molar-refractivity contribution < 1.29 is 9.90 Å². The molecule has 1 unspecified atom stereocenters. The minimum absolute atomic E-state index is 0.0456. The van der Waals surface area contributed by atoms with Gasteiger partial charge in [-0.1, -0.05) is 30.3 Å². The Kier molecular flexibility index (Phi) is 7.23. The van der Waals surface area contributed by atoms with Gasteiger partial charge < -0.3 is 25.5 Å². The molecule has 0 aromatic heterocycles. The van der Waals surface area contributed by atoms with E-state index in [0.717, 1.165) is 31.6 Å². The van der Waals surface area contributed by atoms with Crippen LogP contribution >= 0.6 is 0 Å². The highest BCUT2D eigenvalue weighted by molar-refractivity contribution is 5.74. The third kappa shape index (κ3) is 6.65. The van der Waals surface area contributed by atoms with Crippen LogP contribution in [0.3, 0.4) is 0 Å². The third-order valence-corrected chi connectivity index (χ3v) is 4.87. The first-order valence-corrected chi connectivity index (χ1v) is 9.03. The van der Waals surface area contributed by atoms with Crippen LogP contribution in [0.5, 0.6) is 0 Å². The minimum Gasteiger partial charge on any atom is -0.388 e. The molecule has 0 aliphatic carbocycles. The summed E-state index contributed by atoms with van der Waals surface area (Å²) >= 11 is 0. The van der Waals surface area contributed by atoms with E-state index < -0.39 is 5.60 Å². The molecular weight excluding hydrogens is 316 g/mol. The Balaban J connectivity index is 1.88. The van der Waals surface area contributed by atoms with Gasteiger partial charge >= 0.3 is 6.03 Å². The summed E-state index contributed by atoms with van der Waals surface area (Å²) in [5.41, 5.74) is 0.299. The van der Waals surface area contributed by atoms with E-state index in [1.807, 2.05) is 44.4 Å². The van der Waals surface area contributed by atoms with Gasteiger partial charge in [-0.05, 0) is 52.5 Å². The Labute approximate surface area is 151 Å². The zero-order valence-corrected chi connectivity index (χ0v) is 15.7. The second kappa shape index (κ2) is 9.17. The van der Waals surface area contributed by atoms with E-state index in [4.69, 9.17) is 0 Å². The Hall–Kier alpha value is -1.63. The first kappa shape index (κ1) is 19.7. The fraction of sp³-hybridized carbons (Fsp3) is 0.632. The number of piperidine rings is 1. The zero-order valence-electron chi connectivity index (χ0n) is 15.7. The first-order valence-electron chi connectivity index (χ1n) is 9.03. The van der Waals surface area contributed by atoms with Crippen molar-refractivity contribution in [3.05, 3.63) is 35.9 Å². The Morgan fingerprint density at radius 1 is 1.28 bits per heavy atom. The predicted molar refractivity (Wildman–Crippen MR) is 101 cm³/mol. The van der Waals surface area contributed by atoms with Crippen LogP contribution in [0.15, 0.2) is 30.3 Å². The van der Waals surface area contributed by atoms with E-state index >= 15 is 0 Å². The van der Waals surface area contributed by atoms with Crippen LogP contribution in [0.2, 0.25) is 0 Å². The number of benzene rings is 1. The summed E-state index contributed by atoms with van der Waals surface area (Å²) in [5, 5.41) is 16.5. The van der Waals surface area contributed by atoms with Gasteiger partial charge in [-0.2, -0.15) is 0 Å². The van der Waals surface area contributed by atoms with Gasteiger partial charge in [-0.25, -0.2) is 4.79 Å². The fourth-order valence-electron chi connectivity index (χ4n) is 3.06. The molecule has 1 atom stereocenters. The topological polar surface area (TPSA) is 67.8 Å². The van der Waals surface area contributed by atoms with Gasteiger partial charge in [-0.15, -0.1) is 0 Å². The normalized spacial score (nSPS) is 18.8. The van der Waals surface area contributed by atoms with E-state index in [9.17, 15) is 9.90 Å². The van der Waals surface area contributed by atoms with Gasteiger partial charge in [0.2, 0.25) is 0 Å². The molecule has 2 amide bonds. The van der Waals surface area contributed by atoms with Crippen LogP contribution in [0.25, 0.3) is 0 Å². The Bertz CT molecular complexity index is 527. The van der Waals surface area contributed by atoms with Gasteiger partial charge in [0.15, 0.2) is 0 Å². The highest BCUT2D eigenvalue weighted by Gasteiger charge is 2.31. The van der Waals surface area contributed by atoms with E-state index in [2.05, 4.69) is 27.5 Å². The number of carbonyl (C=O) groups excluding carboxylic acids is 1. The molecule has 1 aromatic carbocycles. The number of aliphatic hydroxyl groups is 1. The molecule has 1 aliphatic rings. The molecule has 1 fully saturated rings. The van der Waals surface area contributed by atoms with Crippen LogP contribution in [-0.2, 0) is 0 Å². The van der Waals surface area contributed by atoms with Gasteiger partial charge in [0.05, 0.1) is 11.6 Å². The fourth-order valence-corrected chi connectivity index (χ4v) is 3.06. The number of likely N-dealkylation sites (tertiary alicyclic amines) is 1. The lowest BCUT2D eigenvalue weighted by molar-refractivity contribution is -0.0123. The summed E-state index contributed by atoms with van der Waals surface area (Å²) in [4.78, 5) is 16.7. The maximum absolute atomic E-state index is 12.4. The summed E-state index contributed by atoms with van der Waals surface area (Å²) in [7, 11) is 6.10. The van der Waals surface area contributed by atoms with Crippen LogP contribution in [0, 0.1) is 0 Å². The monoisotopic (exact) mass is 348 g/mol. The molecule has 2 rings (SSSR count). The van der Waals surface area contributed by atoms with E-state index in [-0.39, 0.29) is 12.1 Å². The minimum atomic E-state index is -0.796. The molecule has 6 heteroatoms. The van der Waals surface area contributed by atoms with Crippen LogP contribution in [0.1, 0.15) is 30.9 Å². The summed E-state index contributed by atoms with van der Waals surface area (Å²) in [6.07, 6.45) is 2.21. The highest BCUT2D eigenvalue weighted by Crippen LogP contribution is 2.20. The molecule has 1 heterocycles. The summed E-state index contributed by atoms with van der Waals surface area (Å²) in [6.45, 7) is 2.89. The molecule has 6 nitrogen and oxygen atoms in total. The quantitative estimate of drug-likeness (QED) is 0.697. The second-order valence-corrected chi connectivity index (χ2v) is 7.41. The van der Waals surface area contributed by atoms with Gasteiger partial charge in [0, 0.05) is 19.6 Å². The third-order valence-electron chi connectivity index (χ3n) is 4.87. The molecule has 0 bridgehead atoms. The van der Waals surface area contributed by atoms with E-state index in [1.165, 1.54) is 0 Å². The van der Waals surface area contributed by atoms with Crippen LogP contribution < -0.4 is 10.6 Å². The van der Waals surface area contributed by atoms with Crippen molar-refractivity contribution in [1.82, 2.24) is 20.4 Å². The molecule has 0 saturated carbocycles. The average molecular weight is 348 g/mol. The predicted octanol–water partition coefficient (Wildman–Crippen LogP) is 1.44. The standard InChI is InChI=1S/C19H32N4O2/c1-22(2)12-9-17(16-7-5-4-6-8-16)21-18(24)20-15-19(25)10-13-23(3)14-11-19/h4-8,17,25H,9-15H2,1-3H3,(H2,20,21,24). The molecule has 3 N–H and O–H groups in total. The van der Waals surface area contributed by atoms with Crippen molar-refractivity contribution in [3.63, 3.8) is 0 Å². The number of carbonyl (C=O) groups is 1. The maximum atomic E-state index is 12.4. The molecule has 1 aromatic rings. The number of hydrogen-bond donors (Lipinski definition) is 3. The second-order valence-electron chi connectivity index (χ2n) is 7.41. The van der Waals surface area contributed by atoms with Crippen molar-refractivity contribution in [2.75, 3.05) is 47.3 Å². The van der Waals surface area contributed by atoms with Gasteiger partial charge in [0.25, 0.3) is 0 Å². The van der Waals surface area contributed by atoms with Crippen LogP contribution in [-0.4, -0.2) is 73.9 Å². The molecule has 1 aliphatic heterocycles. The lowest BCUT2D eigenvalue weighted by atomic mass is 9.92. The van der Waals surface area contributed by atoms with Crippen molar-refractivity contribution in [3.8, 4) is 0 Å². The summed E-state index contributed by atoms with van der Waals surface area (Å²) < 4.78 is 0. The zero-order chi connectivity index (χ0) is 18.3. The first-order chi connectivity index (χ1) is 11.9. The molecule has 25 heavy (non-hydrogen) atoms. The van der Waals surface area contributed by atoms with Crippen molar-refractivity contribution >= 4 is 6.03 Å². The summed E-state index contributed by atoms with van der Waals surface area (Å²) in [6, 6.07) is 9.74. The van der Waals surface area contributed by atoms with Gasteiger partial charge in [-0.3, -0.25) is 0 Å². The SMILES string of the molecule is CN(C)CCC(NC(=O)NCC1(O)CCN(C)CC1)c1ccccc1. The van der Waals surface area contributed by atoms with E-state index in [0.29, 0.717) is 19.4 Å². The molecule has 0 spiro atoms. The maximum Gasteiger partial charge on any atom is 0.315 e. The highest BCUT2D eigenvalue weighted by atomic mass is 16.3. The lowest BCUT2D eigenvalue weighted by Crippen LogP contribution is -2.52. The van der Waals surface area contributed by atoms with E-state index in [1.54, 1.807) is 0 Å². The number of nitrogens with zero attached hydrogens (tertiary/aromatic N) is 2. The largest absolute Gasteiger partial charge is 0.388 e. The molecular formula is C19H32N4O2. The average Bonchev–Trinajstić information content (AvgIpc) is 2.60. The number of nitrogens with one attached hydrogen (secondary N) is 2. The number of rotatable bonds is 7. The van der Waals surface area contributed by atoms with Crippen LogP contribution in [0.4, 0.5) is 4.79 Å². The lowest BCUT2D eigenvalue weighted by Gasteiger charge is -2.36. The van der Waals surface area contributed by atoms with Gasteiger partial charge in [0.1, 0.15) is 0 Å². The molecule has 0 radical (unpaired) electrons. The molecule has 140 valence electrons. The van der Waals surface area contributed by atoms with Crippen molar-refractivity contribution in [1.29, 1.82) is 0 Å². The Morgan fingerprint density at radius 3 is 2.52 bits per heavy atom. The number of hydrogen-bond acceptors (Lipinski definition) is 4. The summed E-state index contributed by atoms with van der Waals surface area (Å²) in [5.74, 6) is 0.